The third-order valence-corrected chi connectivity index (χ3v) is 5.27. The van der Waals surface area contributed by atoms with Crippen molar-refractivity contribution in [2.75, 3.05) is 17.6 Å². The van der Waals surface area contributed by atoms with Crippen molar-refractivity contribution in [1.82, 2.24) is 4.90 Å². The van der Waals surface area contributed by atoms with Gasteiger partial charge < -0.3 is 10.2 Å². The lowest BCUT2D eigenvalue weighted by Gasteiger charge is -2.24. The minimum absolute atomic E-state index is 0.0251. The average molecular weight is 399 g/mol. The van der Waals surface area contributed by atoms with Crippen LogP contribution in [0.4, 0.5) is 19.3 Å². The van der Waals surface area contributed by atoms with Crippen LogP contribution in [0, 0.1) is 11.6 Å². The first kappa shape index (κ1) is 16.3. The topological polar surface area (TPSA) is 32.3 Å². The van der Waals surface area contributed by atoms with Crippen molar-refractivity contribution in [3.8, 4) is 0 Å². The molecule has 0 bridgehead atoms. The molecule has 1 saturated heterocycles. The number of nitrogens with one attached hydrogen (secondary N) is 1. The highest BCUT2D eigenvalue weighted by molar-refractivity contribution is 9.10. The molecule has 1 unspecified atom stereocenters. The van der Waals surface area contributed by atoms with Crippen LogP contribution >= 0.6 is 27.7 Å². The lowest BCUT2D eigenvalue weighted by molar-refractivity contribution is 0.214. The van der Waals surface area contributed by atoms with Crippen molar-refractivity contribution < 1.29 is 13.6 Å². The van der Waals surface area contributed by atoms with E-state index in [-0.39, 0.29) is 11.1 Å². The Kier molecular flexibility index (Phi) is 4.87. The van der Waals surface area contributed by atoms with Crippen molar-refractivity contribution in [3.63, 3.8) is 0 Å². The zero-order valence-corrected chi connectivity index (χ0v) is 14.3. The molecule has 7 heteroatoms. The summed E-state index contributed by atoms with van der Waals surface area (Å²) in [5.74, 6) is -0.657. The number of benzene rings is 2. The van der Waals surface area contributed by atoms with E-state index in [1.807, 2.05) is 24.3 Å². The molecule has 1 atom stereocenters. The molecule has 1 aliphatic rings. The highest BCUT2D eigenvalue weighted by Gasteiger charge is 2.31. The second-order valence-corrected chi connectivity index (χ2v) is 7.13. The van der Waals surface area contributed by atoms with Gasteiger partial charge in [0.25, 0.3) is 0 Å². The molecule has 3 rings (SSSR count). The minimum Gasteiger partial charge on any atom is -0.308 e. The number of rotatable bonds is 2. The number of halogens is 3. The summed E-state index contributed by atoms with van der Waals surface area (Å²) < 4.78 is 27.6. The molecule has 3 nitrogen and oxygen atoms in total. The Morgan fingerprint density at radius 2 is 1.96 bits per heavy atom. The third-order valence-electron chi connectivity index (χ3n) is 3.48. The summed E-state index contributed by atoms with van der Waals surface area (Å²) in [5, 5.41) is 2.39. The molecule has 0 saturated carbocycles. The van der Waals surface area contributed by atoms with Crippen LogP contribution < -0.4 is 5.32 Å². The van der Waals surface area contributed by atoms with E-state index in [1.165, 1.54) is 6.07 Å². The normalized spacial score (nSPS) is 17.3. The number of amides is 2. The SMILES string of the molecule is O=C(Nc1ccc(F)cc1F)N1CCSC1c1ccc(Br)cc1. The Morgan fingerprint density at radius 3 is 2.65 bits per heavy atom. The van der Waals surface area contributed by atoms with Crippen LogP contribution in [0.3, 0.4) is 0 Å². The molecule has 0 aliphatic carbocycles. The first-order valence-electron chi connectivity index (χ1n) is 6.94. The molecule has 0 radical (unpaired) electrons. The Labute approximate surface area is 145 Å². The van der Waals surface area contributed by atoms with Gasteiger partial charge in [-0.1, -0.05) is 28.1 Å². The zero-order valence-electron chi connectivity index (χ0n) is 11.9. The average Bonchev–Trinajstić information content (AvgIpc) is 3.00. The number of urea groups is 1. The van der Waals surface area contributed by atoms with Crippen molar-refractivity contribution in [2.24, 2.45) is 0 Å². The molecule has 1 aliphatic heterocycles. The molecular weight excluding hydrogens is 386 g/mol. The lowest BCUT2D eigenvalue weighted by atomic mass is 10.2. The fraction of sp³-hybridized carbons (Fsp3) is 0.188. The summed E-state index contributed by atoms with van der Waals surface area (Å²) >= 11 is 5.04. The van der Waals surface area contributed by atoms with Crippen LogP contribution in [0.15, 0.2) is 46.9 Å². The van der Waals surface area contributed by atoms with Crippen molar-refractivity contribution in [3.05, 3.63) is 64.1 Å². The van der Waals surface area contributed by atoms with Gasteiger partial charge in [0.05, 0.1) is 5.69 Å². The quantitative estimate of drug-likeness (QED) is 0.771. The van der Waals surface area contributed by atoms with Crippen molar-refractivity contribution in [1.29, 1.82) is 0 Å². The van der Waals surface area contributed by atoms with Crippen LogP contribution in [0.5, 0.6) is 0 Å². The van der Waals surface area contributed by atoms with E-state index in [1.54, 1.807) is 16.7 Å². The van der Waals surface area contributed by atoms with Gasteiger partial charge in [-0.15, -0.1) is 11.8 Å². The van der Waals surface area contributed by atoms with Gasteiger partial charge in [0, 0.05) is 22.8 Å². The minimum atomic E-state index is -0.787. The van der Waals surface area contributed by atoms with Gasteiger partial charge in [0.15, 0.2) is 0 Å². The summed E-state index contributed by atoms with van der Waals surface area (Å²) in [6.07, 6.45) is 0. The highest BCUT2D eigenvalue weighted by atomic mass is 79.9. The summed E-state index contributed by atoms with van der Waals surface area (Å²) in [7, 11) is 0. The fourth-order valence-corrected chi connectivity index (χ4v) is 3.88. The van der Waals surface area contributed by atoms with E-state index in [0.29, 0.717) is 6.54 Å². The lowest BCUT2D eigenvalue weighted by Crippen LogP contribution is -2.34. The number of carbonyl (C=O) groups excluding carboxylic acids is 1. The molecule has 1 fully saturated rings. The fourth-order valence-electron chi connectivity index (χ4n) is 2.36. The summed E-state index contributed by atoms with van der Waals surface area (Å²) in [5.41, 5.74) is 0.980. The van der Waals surface area contributed by atoms with Gasteiger partial charge >= 0.3 is 6.03 Å². The Morgan fingerprint density at radius 1 is 1.22 bits per heavy atom. The Balaban J connectivity index is 1.76. The maximum Gasteiger partial charge on any atom is 0.323 e. The number of hydrogen-bond acceptors (Lipinski definition) is 2. The number of anilines is 1. The maximum absolute atomic E-state index is 13.7. The first-order chi connectivity index (χ1) is 11.0. The molecule has 0 spiro atoms. The highest BCUT2D eigenvalue weighted by Crippen LogP contribution is 2.38. The monoisotopic (exact) mass is 398 g/mol. The second-order valence-electron chi connectivity index (χ2n) is 5.02. The standard InChI is InChI=1S/C16H13BrF2N2OS/c17-11-3-1-10(2-4-11)15-21(7-8-23-15)16(22)20-14-6-5-12(18)9-13(14)19/h1-6,9,15H,7-8H2,(H,20,22). The Bertz CT molecular complexity index is 727. The number of nitrogens with zero attached hydrogens (tertiary/aromatic N) is 1. The van der Waals surface area contributed by atoms with Gasteiger partial charge in [-0.25, -0.2) is 13.6 Å². The largest absolute Gasteiger partial charge is 0.323 e. The summed E-state index contributed by atoms with van der Waals surface area (Å²) in [6.45, 7) is 0.569. The number of carbonyl (C=O) groups is 1. The molecule has 1 heterocycles. The van der Waals surface area contributed by atoms with Gasteiger partial charge in [0.1, 0.15) is 17.0 Å². The predicted molar refractivity (Wildman–Crippen MR) is 91.4 cm³/mol. The van der Waals surface area contributed by atoms with E-state index in [0.717, 1.165) is 27.9 Å². The third kappa shape index (κ3) is 3.67. The van der Waals surface area contributed by atoms with Crippen LogP contribution in [-0.4, -0.2) is 23.2 Å². The zero-order chi connectivity index (χ0) is 16.4. The van der Waals surface area contributed by atoms with Gasteiger partial charge in [-0.3, -0.25) is 0 Å². The first-order valence-corrected chi connectivity index (χ1v) is 8.78. The number of thioether (sulfide) groups is 1. The van der Waals surface area contributed by atoms with E-state index >= 15 is 0 Å². The van der Waals surface area contributed by atoms with Crippen LogP contribution in [-0.2, 0) is 0 Å². The van der Waals surface area contributed by atoms with Crippen LogP contribution in [0.25, 0.3) is 0 Å². The van der Waals surface area contributed by atoms with Crippen molar-refractivity contribution >= 4 is 39.4 Å². The molecule has 2 aromatic rings. The van der Waals surface area contributed by atoms with E-state index in [2.05, 4.69) is 21.2 Å². The van der Waals surface area contributed by atoms with E-state index in [9.17, 15) is 13.6 Å². The van der Waals surface area contributed by atoms with Gasteiger partial charge in [-0.2, -0.15) is 0 Å². The van der Waals surface area contributed by atoms with Crippen molar-refractivity contribution in [2.45, 2.75) is 5.37 Å². The molecule has 2 amide bonds. The molecule has 0 aromatic heterocycles. The summed E-state index contributed by atoms with van der Waals surface area (Å²) in [6, 6.07) is 10.4. The predicted octanol–water partition coefficient (Wildman–Crippen LogP) is 5.01. The van der Waals surface area contributed by atoms with Gasteiger partial charge in [0.2, 0.25) is 0 Å². The smallest absolute Gasteiger partial charge is 0.308 e. The molecule has 2 aromatic carbocycles. The maximum atomic E-state index is 13.7. The second kappa shape index (κ2) is 6.88. The summed E-state index contributed by atoms with van der Waals surface area (Å²) in [4.78, 5) is 14.1. The van der Waals surface area contributed by atoms with Crippen LogP contribution in [0.2, 0.25) is 0 Å². The Hall–Kier alpha value is -1.60. The number of hydrogen-bond donors (Lipinski definition) is 1. The van der Waals surface area contributed by atoms with E-state index in [4.69, 9.17) is 0 Å². The van der Waals surface area contributed by atoms with E-state index < -0.39 is 17.7 Å². The molecular formula is C16H13BrF2N2OS. The molecule has 1 N–H and O–H groups in total. The van der Waals surface area contributed by atoms with Gasteiger partial charge in [-0.05, 0) is 29.8 Å². The van der Waals surface area contributed by atoms with Crippen LogP contribution in [0.1, 0.15) is 10.9 Å². The molecule has 120 valence electrons. The molecule has 23 heavy (non-hydrogen) atoms.